The van der Waals surface area contributed by atoms with E-state index in [0.717, 1.165) is 41.3 Å². The van der Waals surface area contributed by atoms with Gasteiger partial charge in [0, 0.05) is 54.8 Å². The molecule has 3 aromatic rings. The van der Waals surface area contributed by atoms with Gasteiger partial charge in [0.15, 0.2) is 0 Å². The molecule has 0 bridgehead atoms. The van der Waals surface area contributed by atoms with Crippen LogP contribution in [0.5, 0.6) is 0 Å². The van der Waals surface area contributed by atoms with Crippen molar-refractivity contribution in [2.45, 2.75) is 13.8 Å². The summed E-state index contributed by atoms with van der Waals surface area (Å²) in [5.74, 6) is 1.03. The molecule has 1 saturated heterocycles. The van der Waals surface area contributed by atoms with Crippen LogP contribution >= 0.6 is 0 Å². The molecule has 138 valence electrons. The van der Waals surface area contributed by atoms with Crippen LogP contribution in [0.2, 0.25) is 0 Å². The van der Waals surface area contributed by atoms with Crippen molar-refractivity contribution in [2.75, 3.05) is 31.1 Å². The molecule has 4 rings (SSSR count). The molecule has 2 aromatic heterocycles. The number of benzene rings is 1. The molecule has 1 aliphatic rings. The van der Waals surface area contributed by atoms with E-state index in [1.54, 1.807) is 12.5 Å². The summed E-state index contributed by atoms with van der Waals surface area (Å²) in [6, 6.07) is 7.70. The van der Waals surface area contributed by atoms with Gasteiger partial charge >= 0.3 is 0 Å². The molecular formula is C20H22N6O. The quantitative estimate of drug-likeness (QED) is 0.774. The van der Waals surface area contributed by atoms with Gasteiger partial charge in [-0.1, -0.05) is 12.1 Å². The van der Waals surface area contributed by atoms with Crippen LogP contribution in [0.15, 0.2) is 43.0 Å². The summed E-state index contributed by atoms with van der Waals surface area (Å²) in [4.78, 5) is 25.8. The van der Waals surface area contributed by atoms with Crippen LogP contribution < -0.4 is 4.90 Å². The number of hydrogen-bond acceptors (Lipinski definition) is 5. The Hall–Kier alpha value is -3.22. The average molecular weight is 362 g/mol. The van der Waals surface area contributed by atoms with Gasteiger partial charge in [-0.15, -0.1) is 0 Å². The number of piperazine rings is 1. The van der Waals surface area contributed by atoms with Gasteiger partial charge in [0.05, 0.1) is 6.20 Å². The zero-order valence-electron chi connectivity index (χ0n) is 15.5. The summed E-state index contributed by atoms with van der Waals surface area (Å²) in [6.07, 6.45) is 5.19. The molecule has 1 aromatic carbocycles. The second-order valence-electron chi connectivity index (χ2n) is 6.75. The number of hydrogen-bond donors (Lipinski definition) is 1. The third-order valence-corrected chi connectivity index (χ3v) is 5.12. The lowest BCUT2D eigenvalue weighted by Crippen LogP contribution is -2.49. The lowest BCUT2D eigenvalue weighted by molar-refractivity contribution is 0.0746. The SMILES string of the molecule is Cc1ncnc(N2CCN(C(=O)c3cccc(-c4cn[nH]c4)c3)CC2)c1C. The van der Waals surface area contributed by atoms with Crippen LogP contribution in [-0.2, 0) is 0 Å². The molecule has 0 unspecified atom stereocenters. The van der Waals surface area contributed by atoms with Crippen molar-refractivity contribution in [3.8, 4) is 11.1 Å². The monoisotopic (exact) mass is 362 g/mol. The van der Waals surface area contributed by atoms with Gasteiger partial charge in [-0.05, 0) is 31.5 Å². The van der Waals surface area contributed by atoms with Crippen LogP contribution in [0.3, 0.4) is 0 Å². The average Bonchev–Trinajstić information content (AvgIpc) is 3.25. The largest absolute Gasteiger partial charge is 0.353 e. The van der Waals surface area contributed by atoms with Crippen molar-refractivity contribution in [1.29, 1.82) is 0 Å². The molecule has 0 aliphatic carbocycles. The number of aromatic nitrogens is 4. The van der Waals surface area contributed by atoms with Gasteiger partial charge in [0.2, 0.25) is 0 Å². The Morgan fingerprint density at radius 2 is 1.89 bits per heavy atom. The number of anilines is 1. The Morgan fingerprint density at radius 1 is 1.07 bits per heavy atom. The summed E-state index contributed by atoms with van der Waals surface area (Å²) < 4.78 is 0. The smallest absolute Gasteiger partial charge is 0.253 e. The highest BCUT2D eigenvalue weighted by molar-refractivity contribution is 5.95. The topological polar surface area (TPSA) is 78.0 Å². The number of nitrogens with one attached hydrogen (secondary N) is 1. The van der Waals surface area contributed by atoms with Crippen LogP contribution in [0.4, 0.5) is 5.82 Å². The van der Waals surface area contributed by atoms with E-state index < -0.39 is 0 Å². The van der Waals surface area contributed by atoms with E-state index in [1.165, 1.54) is 0 Å². The lowest BCUT2D eigenvalue weighted by atomic mass is 10.1. The molecule has 0 saturated carbocycles. The van der Waals surface area contributed by atoms with Gasteiger partial charge < -0.3 is 9.80 Å². The minimum absolute atomic E-state index is 0.0654. The highest BCUT2D eigenvalue weighted by Crippen LogP contribution is 2.22. The zero-order chi connectivity index (χ0) is 18.8. The maximum Gasteiger partial charge on any atom is 0.253 e. The Kier molecular flexibility index (Phi) is 4.58. The van der Waals surface area contributed by atoms with Gasteiger partial charge in [-0.25, -0.2) is 9.97 Å². The standard InChI is InChI=1S/C20H22N6O/c1-14-15(2)21-13-22-19(14)25-6-8-26(9-7-25)20(27)17-5-3-4-16(10-17)18-11-23-24-12-18/h3-5,10-13H,6-9H2,1-2H3,(H,23,24). The molecule has 3 heterocycles. The first kappa shape index (κ1) is 17.2. The van der Waals surface area contributed by atoms with E-state index in [-0.39, 0.29) is 5.91 Å². The fourth-order valence-electron chi connectivity index (χ4n) is 3.39. The number of carbonyl (C=O) groups excluding carboxylic acids is 1. The number of aromatic amines is 1. The number of aryl methyl sites for hydroxylation is 1. The predicted molar refractivity (Wildman–Crippen MR) is 104 cm³/mol. The summed E-state index contributed by atoms with van der Waals surface area (Å²) in [5.41, 5.74) is 4.76. The van der Waals surface area contributed by atoms with E-state index in [0.29, 0.717) is 18.7 Å². The first-order chi connectivity index (χ1) is 13.1. The number of amides is 1. The molecule has 1 aliphatic heterocycles. The second kappa shape index (κ2) is 7.19. The molecule has 1 N–H and O–H groups in total. The predicted octanol–water partition coefficient (Wildman–Crippen LogP) is 2.45. The summed E-state index contributed by atoms with van der Waals surface area (Å²) in [5, 5.41) is 6.78. The first-order valence-corrected chi connectivity index (χ1v) is 9.05. The number of H-pyrrole nitrogens is 1. The van der Waals surface area contributed by atoms with Gasteiger partial charge in [0.25, 0.3) is 5.91 Å². The molecule has 0 spiro atoms. The third-order valence-electron chi connectivity index (χ3n) is 5.12. The van der Waals surface area contributed by atoms with Gasteiger partial charge in [-0.2, -0.15) is 5.10 Å². The summed E-state index contributed by atoms with van der Waals surface area (Å²) in [7, 11) is 0. The Labute approximate surface area is 158 Å². The Bertz CT molecular complexity index is 945. The fraction of sp³-hybridized carbons (Fsp3) is 0.300. The molecular weight excluding hydrogens is 340 g/mol. The van der Waals surface area contributed by atoms with Crippen LogP contribution in [0, 0.1) is 13.8 Å². The van der Waals surface area contributed by atoms with Crippen molar-refractivity contribution in [3.63, 3.8) is 0 Å². The van der Waals surface area contributed by atoms with Crippen molar-refractivity contribution in [1.82, 2.24) is 25.1 Å². The zero-order valence-corrected chi connectivity index (χ0v) is 15.5. The normalized spacial score (nSPS) is 14.4. The molecule has 27 heavy (non-hydrogen) atoms. The van der Waals surface area contributed by atoms with Gasteiger partial charge in [-0.3, -0.25) is 9.89 Å². The Balaban J connectivity index is 1.46. The maximum absolute atomic E-state index is 12.9. The maximum atomic E-state index is 12.9. The summed E-state index contributed by atoms with van der Waals surface area (Å²) in [6.45, 7) is 6.93. The van der Waals surface area contributed by atoms with Crippen molar-refractivity contribution < 1.29 is 4.79 Å². The highest BCUT2D eigenvalue weighted by Gasteiger charge is 2.24. The molecule has 0 atom stereocenters. The highest BCUT2D eigenvalue weighted by atomic mass is 16.2. The van der Waals surface area contributed by atoms with Crippen LogP contribution in [-0.4, -0.2) is 57.2 Å². The van der Waals surface area contributed by atoms with E-state index >= 15 is 0 Å². The minimum atomic E-state index is 0.0654. The number of rotatable bonds is 3. The third kappa shape index (κ3) is 3.40. The fourth-order valence-corrected chi connectivity index (χ4v) is 3.39. The van der Waals surface area contributed by atoms with E-state index in [9.17, 15) is 4.79 Å². The van der Waals surface area contributed by atoms with Crippen LogP contribution in [0.25, 0.3) is 11.1 Å². The van der Waals surface area contributed by atoms with Crippen LogP contribution in [0.1, 0.15) is 21.6 Å². The van der Waals surface area contributed by atoms with E-state index in [1.807, 2.05) is 49.2 Å². The Morgan fingerprint density at radius 3 is 2.63 bits per heavy atom. The van der Waals surface area contributed by atoms with E-state index in [2.05, 4.69) is 25.1 Å². The minimum Gasteiger partial charge on any atom is -0.353 e. The summed E-state index contributed by atoms with van der Waals surface area (Å²) >= 11 is 0. The van der Waals surface area contributed by atoms with E-state index in [4.69, 9.17) is 0 Å². The molecule has 7 nitrogen and oxygen atoms in total. The van der Waals surface area contributed by atoms with Gasteiger partial charge in [0.1, 0.15) is 12.1 Å². The molecule has 7 heteroatoms. The molecule has 0 radical (unpaired) electrons. The lowest BCUT2D eigenvalue weighted by Gasteiger charge is -2.36. The number of carbonyl (C=O) groups is 1. The number of nitrogens with zero attached hydrogens (tertiary/aromatic N) is 5. The molecule has 1 fully saturated rings. The van der Waals surface area contributed by atoms with Crippen molar-refractivity contribution >= 4 is 11.7 Å². The van der Waals surface area contributed by atoms with Crippen molar-refractivity contribution in [3.05, 3.63) is 59.8 Å². The molecule has 1 amide bonds. The second-order valence-corrected chi connectivity index (χ2v) is 6.75. The first-order valence-electron chi connectivity index (χ1n) is 9.05. The van der Waals surface area contributed by atoms with Crippen molar-refractivity contribution in [2.24, 2.45) is 0 Å².